The second kappa shape index (κ2) is 5.47. The standard InChI is InChI=1S/C11H11ClN4O/c12-9-3-1-2-8(6-9)7-17-10-4-5-14-11(15-10)16-13/h1-6H,7,13H2,(H,14,15,16). The van der Waals surface area contributed by atoms with E-state index in [1.54, 1.807) is 12.3 Å². The maximum absolute atomic E-state index is 5.87. The van der Waals surface area contributed by atoms with Crippen LogP contribution in [0.1, 0.15) is 5.56 Å². The highest BCUT2D eigenvalue weighted by Gasteiger charge is 2.00. The van der Waals surface area contributed by atoms with Gasteiger partial charge in [-0.05, 0) is 17.7 Å². The van der Waals surface area contributed by atoms with Crippen LogP contribution in [0.4, 0.5) is 5.95 Å². The highest BCUT2D eigenvalue weighted by atomic mass is 35.5. The Morgan fingerprint density at radius 1 is 1.35 bits per heavy atom. The maximum atomic E-state index is 5.87. The highest BCUT2D eigenvalue weighted by Crippen LogP contribution is 2.14. The van der Waals surface area contributed by atoms with Crippen molar-refractivity contribution in [3.63, 3.8) is 0 Å². The molecule has 0 aliphatic heterocycles. The quantitative estimate of drug-likeness (QED) is 0.641. The van der Waals surface area contributed by atoms with Gasteiger partial charge in [-0.2, -0.15) is 4.98 Å². The Labute approximate surface area is 104 Å². The molecule has 6 heteroatoms. The van der Waals surface area contributed by atoms with Crippen LogP contribution in [-0.2, 0) is 6.61 Å². The van der Waals surface area contributed by atoms with Crippen molar-refractivity contribution in [2.24, 2.45) is 5.84 Å². The minimum Gasteiger partial charge on any atom is -0.473 e. The number of hydrazine groups is 1. The number of nitrogens with two attached hydrogens (primary N) is 1. The van der Waals surface area contributed by atoms with Crippen molar-refractivity contribution < 1.29 is 4.74 Å². The van der Waals surface area contributed by atoms with Crippen LogP contribution in [0.5, 0.6) is 5.88 Å². The van der Waals surface area contributed by atoms with Crippen LogP contribution < -0.4 is 16.0 Å². The Kier molecular flexibility index (Phi) is 3.74. The van der Waals surface area contributed by atoms with E-state index >= 15 is 0 Å². The lowest BCUT2D eigenvalue weighted by Crippen LogP contribution is -2.10. The van der Waals surface area contributed by atoms with Crippen LogP contribution >= 0.6 is 11.6 Å². The Morgan fingerprint density at radius 3 is 3.00 bits per heavy atom. The summed E-state index contributed by atoms with van der Waals surface area (Å²) >= 11 is 5.87. The summed E-state index contributed by atoms with van der Waals surface area (Å²) in [4.78, 5) is 7.90. The third-order valence-corrected chi connectivity index (χ3v) is 2.27. The number of benzene rings is 1. The molecule has 0 radical (unpaired) electrons. The van der Waals surface area contributed by atoms with Crippen LogP contribution in [0.25, 0.3) is 0 Å². The number of halogens is 1. The van der Waals surface area contributed by atoms with Gasteiger partial charge in [-0.3, -0.25) is 5.43 Å². The van der Waals surface area contributed by atoms with Crippen molar-refractivity contribution in [3.05, 3.63) is 47.1 Å². The van der Waals surface area contributed by atoms with Crippen LogP contribution in [0.2, 0.25) is 5.02 Å². The molecule has 0 amide bonds. The number of aromatic nitrogens is 2. The summed E-state index contributed by atoms with van der Waals surface area (Å²) in [6, 6.07) is 9.10. The molecule has 2 rings (SSSR count). The molecule has 0 unspecified atom stereocenters. The third-order valence-electron chi connectivity index (χ3n) is 2.03. The van der Waals surface area contributed by atoms with E-state index in [1.807, 2.05) is 24.3 Å². The van der Waals surface area contributed by atoms with Crippen molar-refractivity contribution in [2.45, 2.75) is 6.61 Å². The normalized spacial score (nSPS) is 10.0. The molecule has 0 saturated carbocycles. The van der Waals surface area contributed by atoms with E-state index in [4.69, 9.17) is 22.2 Å². The molecule has 1 aromatic heterocycles. The van der Waals surface area contributed by atoms with Gasteiger partial charge in [0.1, 0.15) is 6.61 Å². The number of hydrogen-bond acceptors (Lipinski definition) is 5. The van der Waals surface area contributed by atoms with Gasteiger partial charge in [0.25, 0.3) is 0 Å². The zero-order chi connectivity index (χ0) is 12.1. The molecule has 3 N–H and O–H groups in total. The fourth-order valence-electron chi connectivity index (χ4n) is 1.28. The number of ether oxygens (including phenoxy) is 1. The average molecular weight is 251 g/mol. The second-order valence-electron chi connectivity index (χ2n) is 3.28. The summed E-state index contributed by atoms with van der Waals surface area (Å²) in [6.07, 6.45) is 1.56. The van der Waals surface area contributed by atoms with Crippen LogP contribution in [-0.4, -0.2) is 9.97 Å². The predicted molar refractivity (Wildman–Crippen MR) is 65.6 cm³/mol. The predicted octanol–water partition coefficient (Wildman–Crippen LogP) is 1.99. The number of rotatable bonds is 4. The van der Waals surface area contributed by atoms with Gasteiger partial charge in [0.15, 0.2) is 0 Å². The maximum Gasteiger partial charge on any atom is 0.240 e. The first-order chi connectivity index (χ1) is 8.28. The minimum atomic E-state index is 0.314. The molecule has 2 aromatic rings. The molecule has 0 bridgehead atoms. The second-order valence-corrected chi connectivity index (χ2v) is 3.72. The van der Waals surface area contributed by atoms with Crippen LogP contribution in [0.15, 0.2) is 36.5 Å². The number of nitrogen functional groups attached to an aromatic ring is 1. The van der Waals surface area contributed by atoms with Gasteiger partial charge in [0, 0.05) is 17.3 Å². The van der Waals surface area contributed by atoms with Gasteiger partial charge in [0.05, 0.1) is 0 Å². The Hall–Kier alpha value is -1.85. The molecule has 1 heterocycles. The molecule has 0 saturated heterocycles. The molecule has 0 aliphatic rings. The van der Waals surface area contributed by atoms with Crippen molar-refractivity contribution in [3.8, 4) is 5.88 Å². The molecule has 0 fully saturated rings. The zero-order valence-electron chi connectivity index (χ0n) is 8.93. The minimum absolute atomic E-state index is 0.314. The summed E-state index contributed by atoms with van der Waals surface area (Å²) in [7, 11) is 0. The van der Waals surface area contributed by atoms with Crippen molar-refractivity contribution in [1.82, 2.24) is 9.97 Å². The molecule has 1 aromatic carbocycles. The topological polar surface area (TPSA) is 73.1 Å². The zero-order valence-corrected chi connectivity index (χ0v) is 9.69. The lowest BCUT2D eigenvalue weighted by atomic mass is 10.2. The first-order valence-corrected chi connectivity index (χ1v) is 5.32. The molecule has 5 nitrogen and oxygen atoms in total. The SMILES string of the molecule is NNc1nccc(OCc2cccc(Cl)c2)n1. The molecule has 88 valence electrons. The Balaban J connectivity index is 2.02. The van der Waals surface area contributed by atoms with Crippen LogP contribution in [0.3, 0.4) is 0 Å². The van der Waals surface area contributed by atoms with E-state index < -0.39 is 0 Å². The van der Waals surface area contributed by atoms with Crippen molar-refractivity contribution in [2.75, 3.05) is 5.43 Å². The summed E-state index contributed by atoms with van der Waals surface area (Å²) in [5.41, 5.74) is 3.32. The number of hydrogen-bond donors (Lipinski definition) is 2. The monoisotopic (exact) mass is 250 g/mol. The number of anilines is 1. The molecule has 0 atom stereocenters. The smallest absolute Gasteiger partial charge is 0.240 e. The molecular formula is C11H11ClN4O. The lowest BCUT2D eigenvalue weighted by Gasteiger charge is -2.06. The van der Waals surface area contributed by atoms with Gasteiger partial charge >= 0.3 is 0 Å². The fourth-order valence-corrected chi connectivity index (χ4v) is 1.49. The van der Waals surface area contributed by atoms with E-state index in [2.05, 4.69) is 15.4 Å². The lowest BCUT2D eigenvalue weighted by molar-refractivity contribution is 0.294. The highest BCUT2D eigenvalue weighted by molar-refractivity contribution is 6.30. The van der Waals surface area contributed by atoms with Crippen molar-refractivity contribution in [1.29, 1.82) is 0 Å². The van der Waals surface area contributed by atoms with Gasteiger partial charge in [-0.25, -0.2) is 10.8 Å². The fraction of sp³-hybridized carbons (Fsp3) is 0.0909. The first-order valence-electron chi connectivity index (χ1n) is 4.95. The van der Waals surface area contributed by atoms with Gasteiger partial charge in [-0.15, -0.1) is 0 Å². The van der Waals surface area contributed by atoms with Gasteiger partial charge < -0.3 is 4.74 Å². The summed E-state index contributed by atoms with van der Waals surface area (Å²) in [6.45, 7) is 0.390. The Bertz CT molecular complexity index is 506. The summed E-state index contributed by atoms with van der Waals surface area (Å²) in [5, 5.41) is 0.679. The van der Waals surface area contributed by atoms with Crippen LogP contribution in [0, 0.1) is 0 Å². The molecular weight excluding hydrogens is 240 g/mol. The summed E-state index contributed by atoms with van der Waals surface area (Å²) in [5.74, 6) is 5.96. The number of nitrogens with zero attached hydrogens (tertiary/aromatic N) is 2. The van der Waals surface area contributed by atoms with Gasteiger partial charge in [-0.1, -0.05) is 23.7 Å². The average Bonchev–Trinajstić information content (AvgIpc) is 2.37. The van der Waals surface area contributed by atoms with Gasteiger partial charge in [0.2, 0.25) is 11.8 Å². The van der Waals surface area contributed by atoms with E-state index in [0.29, 0.717) is 23.5 Å². The number of nitrogens with one attached hydrogen (secondary N) is 1. The molecule has 17 heavy (non-hydrogen) atoms. The van der Waals surface area contributed by atoms with E-state index in [-0.39, 0.29) is 0 Å². The Morgan fingerprint density at radius 2 is 2.24 bits per heavy atom. The van der Waals surface area contributed by atoms with E-state index in [1.165, 1.54) is 0 Å². The third kappa shape index (κ3) is 3.30. The van der Waals surface area contributed by atoms with E-state index in [0.717, 1.165) is 5.56 Å². The first kappa shape index (κ1) is 11.6. The largest absolute Gasteiger partial charge is 0.473 e. The van der Waals surface area contributed by atoms with E-state index in [9.17, 15) is 0 Å². The summed E-state index contributed by atoms with van der Waals surface area (Å²) < 4.78 is 5.48. The molecule has 0 aliphatic carbocycles. The van der Waals surface area contributed by atoms with Crippen molar-refractivity contribution >= 4 is 17.5 Å². The molecule has 0 spiro atoms.